The number of hydrogen-bond donors (Lipinski definition) is 5. The van der Waals surface area contributed by atoms with Crippen molar-refractivity contribution in [3.8, 4) is 5.75 Å². The van der Waals surface area contributed by atoms with Gasteiger partial charge in [0.05, 0.1) is 21.2 Å². The zero-order valence-electron chi connectivity index (χ0n) is 24.0. The molecule has 0 amide bonds. The molecule has 48 heavy (non-hydrogen) atoms. The van der Waals surface area contributed by atoms with Crippen molar-refractivity contribution in [2.45, 2.75) is 14.7 Å². The van der Waals surface area contributed by atoms with Crippen LogP contribution in [0.3, 0.4) is 0 Å². The lowest BCUT2D eigenvalue weighted by molar-refractivity contribution is 0.477. The highest BCUT2D eigenvalue weighted by Crippen LogP contribution is 2.41. The Morgan fingerprint density at radius 3 is 1.79 bits per heavy atom. The molecule has 6 N–H and O–H groups in total. The molecule has 6 aromatic rings. The predicted molar refractivity (Wildman–Crippen MR) is 176 cm³/mol. The van der Waals surface area contributed by atoms with Crippen LogP contribution in [0, 0.1) is 0 Å². The monoisotopic (exact) mass is 707 g/mol. The molecule has 0 atom stereocenters. The van der Waals surface area contributed by atoms with Crippen LogP contribution in [0.5, 0.6) is 5.75 Å². The molecule has 0 fully saturated rings. The number of nitrogens with zero attached hydrogens (tertiary/aromatic N) is 4. The van der Waals surface area contributed by atoms with Gasteiger partial charge in [-0.2, -0.15) is 25.3 Å². The van der Waals surface area contributed by atoms with E-state index < -0.39 is 45.0 Å². The highest BCUT2D eigenvalue weighted by Gasteiger charge is 2.20. The largest absolute Gasteiger partial charge is 0.506 e. The number of phenols is 1. The second-order valence-corrected chi connectivity index (χ2v) is 14.6. The van der Waals surface area contributed by atoms with Crippen molar-refractivity contribution in [1.29, 1.82) is 0 Å². The summed E-state index contributed by atoms with van der Waals surface area (Å²) in [5, 5.41) is 28.9. The summed E-state index contributed by atoms with van der Waals surface area (Å²) in [5.41, 5.74) is 6.43. The third-order valence-corrected chi connectivity index (χ3v) is 9.86. The normalized spacial score (nSPS) is 13.0. The van der Waals surface area contributed by atoms with E-state index in [0.29, 0.717) is 16.5 Å². The van der Waals surface area contributed by atoms with Gasteiger partial charge >= 0.3 is 0 Å². The number of phenolic OH excluding ortho intramolecular Hbond substituents is 1. The summed E-state index contributed by atoms with van der Waals surface area (Å²) in [6.45, 7) is 0. The highest BCUT2D eigenvalue weighted by molar-refractivity contribution is 7.86. The van der Waals surface area contributed by atoms with Gasteiger partial charge in [0.15, 0.2) is 0 Å². The minimum absolute atomic E-state index is 0.0154. The third kappa shape index (κ3) is 6.30. The third-order valence-electron chi connectivity index (χ3n) is 7.27. The number of nitrogens with two attached hydrogens (primary N) is 1. The molecular formula is C30H21N5O10S3. The molecule has 6 aromatic carbocycles. The maximum atomic E-state index is 12.3. The van der Waals surface area contributed by atoms with E-state index in [1.807, 2.05) is 0 Å². The maximum Gasteiger partial charge on any atom is 0.296 e. The molecule has 0 bridgehead atoms. The topological polar surface area (TPSA) is 259 Å². The lowest BCUT2D eigenvalue weighted by atomic mass is 10.1. The van der Waals surface area contributed by atoms with Crippen molar-refractivity contribution in [3.05, 3.63) is 91.0 Å². The van der Waals surface area contributed by atoms with Gasteiger partial charge in [0, 0.05) is 27.2 Å². The fourth-order valence-electron chi connectivity index (χ4n) is 4.99. The molecule has 244 valence electrons. The quantitative estimate of drug-likeness (QED) is 0.0640. The number of benzene rings is 6. The minimum Gasteiger partial charge on any atom is -0.506 e. The van der Waals surface area contributed by atoms with Gasteiger partial charge < -0.3 is 10.8 Å². The fourth-order valence-corrected chi connectivity index (χ4v) is 6.65. The van der Waals surface area contributed by atoms with Crippen LogP contribution in [0.15, 0.2) is 126 Å². The molecule has 0 aliphatic heterocycles. The summed E-state index contributed by atoms with van der Waals surface area (Å²) in [4.78, 5) is -1.75. The zero-order valence-corrected chi connectivity index (χ0v) is 26.4. The van der Waals surface area contributed by atoms with Crippen LogP contribution in [-0.4, -0.2) is 44.0 Å². The van der Waals surface area contributed by atoms with Crippen molar-refractivity contribution >= 4 is 91.1 Å². The van der Waals surface area contributed by atoms with Gasteiger partial charge in [0.2, 0.25) is 0 Å². The Labute approximate surface area is 272 Å². The van der Waals surface area contributed by atoms with Crippen LogP contribution in [0.2, 0.25) is 0 Å². The first-order valence-electron chi connectivity index (χ1n) is 13.4. The van der Waals surface area contributed by atoms with Crippen LogP contribution < -0.4 is 5.73 Å². The molecular weight excluding hydrogens is 687 g/mol. The Hall–Kier alpha value is -5.37. The smallest absolute Gasteiger partial charge is 0.296 e. The van der Waals surface area contributed by atoms with Crippen molar-refractivity contribution in [1.82, 2.24) is 0 Å². The molecule has 18 heteroatoms. The number of fused-ring (bicyclic) bond motifs is 3. The predicted octanol–water partition coefficient (Wildman–Crippen LogP) is 7.00. The zero-order chi connectivity index (χ0) is 34.6. The van der Waals surface area contributed by atoms with Gasteiger partial charge in [-0.25, -0.2) is 0 Å². The van der Waals surface area contributed by atoms with Crippen LogP contribution in [0.25, 0.3) is 32.3 Å². The first-order valence-corrected chi connectivity index (χ1v) is 17.7. The Morgan fingerprint density at radius 2 is 1.10 bits per heavy atom. The van der Waals surface area contributed by atoms with Gasteiger partial charge in [-0.1, -0.05) is 24.3 Å². The number of nitrogen functional groups attached to an aromatic ring is 1. The van der Waals surface area contributed by atoms with E-state index in [1.165, 1.54) is 36.4 Å². The molecule has 15 nitrogen and oxygen atoms in total. The summed E-state index contributed by atoms with van der Waals surface area (Å²) >= 11 is 0. The highest BCUT2D eigenvalue weighted by atomic mass is 32.2. The Morgan fingerprint density at radius 1 is 0.500 bits per heavy atom. The Kier molecular flexibility index (Phi) is 7.94. The van der Waals surface area contributed by atoms with E-state index in [-0.39, 0.29) is 50.0 Å². The van der Waals surface area contributed by atoms with Crippen molar-refractivity contribution in [3.63, 3.8) is 0 Å². The standard InChI is InChI=1S/C30H21N5O10S3/c31-24-3-1-2-22-20(24)8-11-28(36)30(22)35-33-25-9-10-26(23-15-19(47(40,41)42)6-7-21(23)25)32-34-27-13-16-4-5-18(46(37,38)39)12-17(16)14-29(27)48(43,44)45/h1-15,36H,31H2,(H,37,38,39)(H,40,41,42)(H,43,44,45)/b34-32+,35-33+. The van der Waals surface area contributed by atoms with Gasteiger partial charge in [0.1, 0.15) is 22.0 Å². The number of aromatic hydroxyl groups is 1. The number of rotatable bonds is 7. The SMILES string of the molecule is Nc1cccc2c(/N=N/c3ccc(/N=N/c4cc5ccc(S(=O)(=O)O)cc5cc4S(=O)(=O)O)c4cc(S(=O)(=O)O)ccc34)c(O)ccc12. The minimum atomic E-state index is -4.94. The molecule has 0 spiro atoms. The molecule has 0 heterocycles. The summed E-state index contributed by atoms with van der Waals surface area (Å²) in [7, 11) is -14.2. The molecule has 0 saturated carbocycles. The number of azo groups is 2. The lowest BCUT2D eigenvalue weighted by Crippen LogP contribution is -2.00. The van der Waals surface area contributed by atoms with Crippen LogP contribution in [0.1, 0.15) is 0 Å². The first kappa shape index (κ1) is 32.6. The van der Waals surface area contributed by atoms with Crippen LogP contribution in [-0.2, 0) is 30.4 Å². The first-order chi connectivity index (χ1) is 22.5. The van der Waals surface area contributed by atoms with E-state index >= 15 is 0 Å². The molecule has 0 unspecified atom stereocenters. The summed E-state index contributed by atoms with van der Waals surface area (Å²) in [6, 6.07) is 20.0. The van der Waals surface area contributed by atoms with Gasteiger partial charge in [-0.3, -0.25) is 13.7 Å². The van der Waals surface area contributed by atoms with Gasteiger partial charge in [0.25, 0.3) is 30.4 Å². The average Bonchev–Trinajstić information content (AvgIpc) is 3.01. The molecule has 0 aliphatic rings. The van der Waals surface area contributed by atoms with Crippen LogP contribution >= 0.6 is 0 Å². The Bertz CT molecular complexity index is 2730. The lowest BCUT2D eigenvalue weighted by Gasteiger charge is -2.09. The van der Waals surface area contributed by atoms with Crippen molar-refractivity contribution in [2.75, 3.05) is 5.73 Å². The number of hydrogen-bond acceptors (Lipinski definition) is 12. The van der Waals surface area contributed by atoms with Crippen LogP contribution in [0.4, 0.5) is 28.4 Å². The van der Waals surface area contributed by atoms with E-state index in [2.05, 4.69) is 20.5 Å². The van der Waals surface area contributed by atoms with Crippen molar-refractivity contribution in [2.24, 2.45) is 20.5 Å². The fraction of sp³-hybridized carbons (Fsp3) is 0. The molecule has 0 aromatic heterocycles. The van der Waals surface area contributed by atoms with E-state index in [4.69, 9.17) is 5.73 Å². The number of anilines is 1. The summed E-state index contributed by atoms with van der Waals surface area (Å²) in [6.07, 6.45) is 0. The Balaban J connectivity index is 1.50. The van der Waals surface area contributed by atoms with E-state index in [0.717, 1.165) is 30.3 Å². The van der Waals surface area contributed by atoms with E-state index in [9.17, 15) is 44.0 Å². The van der Waals surface area contributed by atoms with Gasteiger partial charge in [-0.15, -0.1) is 20.5 Å². The average molecular weight is 708 g/mol. The second kappa shape index (κ2) is 11.7. The van der Waals surface area contributed by atoms with Gasteiger partial charge in [-0.05, 0) is 77.5 Å². The summed E-state index contributed by atoms with van der Waals surface area (Å²) in [5.74, 6) is -0.181. The molecule has 0 aliphatic carbocycles. The summed E-state index contributed by atoms with van der Waals surface area (Å²) < 4.78 is 101. The maximum absolute atomic E-state index is 12.3. The van der Waals surface area contributed by atoms with E-state index in [1.54, 1.807) is 24.3 Å². The molecule has 0 radical (unpaired) electrons. The van der Waals surface area contributed by atoms with Crippen molar-refractivity contribution < 1.29 is 44.0 Å². The second-order valence-electron chi connectivity index (χ2n) is 10.3. The molecule has 6 rings (SSSR count). The molecule has 0 saturated heterocycles.